The Hall–Kier alpha value is -0.760. The summed E-state index contributed by atoms with van der Waals surface area (Å²) in [6.07, 6.45) is 2.67. The van der Waals surface area contributed by atoms with Crippen LogP contribution in [0.15, 0.2) is 23.0 Å². The molecule has 0 radical (unpaired) electrons. The van der Waals surface area contributed by atoms with Crippen LogP contribution in [-0.4, -0.2) is 16.8 Å². The maximum Gasteiger partial charge on any atom is 0.120 e. The van der Waals surface area contributed by atoms with Crippen molar-refractivity contribution in [2.45, 2.75) is 66.6 Å². The van der Waals surface area contributed by atoms with Crippen LogP contribution in [0.5, 0.6) is 0 Å². The van der Waals surface area contributed by atoms with Crippen LogP contribution in [0.25, 0.3) is 0 Å². The van der Waals surface area contributed by atoms with Crippen LogP contribution in [0.3, 0.4) is 0 Å². The van der Waals surface area contributed by atoms with Gasteiger partial charge in [-0.05, 0) is 42.9 Å². The van der Waals surface area contributed by atoms with Gasteiger partial charge >= 0.3 is 0 Å². The molecule has 0 amide bonds. The van der Waals surface area contributed by atoms with Gasteiger partial charge in [-0.25, -0.2) is 0 Å². The molecular formula is C17H28O2. The van der Waals surface area contributed by atoms with Crippen LogP contribution in [0.1, 0.15) is 54.9 Å². The first-order valence-electron chi connectivity index (χ1n) is 7.42. The average Bonchev–Trinajstić information content (AvgIpc) is 2.52. The Morgan fingerprint density at radius 2 is 1.79 bits per heavy atom. The first-order chi connectivity index (χ1) is 8.58. The lowest BCUT2D eigenvalue weighted by Gasteiger charge is -2.41. The van der Waals surface area contributed by atoms with Crippen molar-refractivity contribution in [1.82, 2.24) is 0 Å². The van der Waals surface area contributed by atoms with Crippen molar-refractivity contribution in [1.29, 1.82) is 0 Å². The van der Waals surface area contributed by atoms with Gasteiger partial charge in [0.25, 0.3) is 0 Å². The van der Waals surface area contributed by atoms with Crippen LogP contribution in [0, 0.1) is 17.3 Å². The van der Waals surface area contributed by atoms with E-state index in [0.29, 0.717) is 11.8 Å². The Morgan fingerprint density at radius 1 is 1.21 bits per heavy atom. The summed E-state index contributed by atoms with van der Waals surface area (Å²) in [6, 6.07) is 0. The third-order valence-electron chi connectivity index (χ3n) is 4.83. The van der Waals surface area contributed by atoms with Gasteiger partial charge in [0.05, 0.1) is 6.10 Å². The quantitative estimate of drug-likeness (QED) is 0.815. The lowest BCUT2D eigenvalue weighted by Crippen LogP contribution is -2.41. The second-order valence-corrected chi connectivity index (χ2v) is 7.56. The lowest BCUT2D eigenvalue weighted by atomic mass is 9.65. The molecule has 108 valence electrons. The fourth-order valence-corrected chi connectivity index (χ4v) is 3.28. The van der Waals surface area contributed by atoms with E-state index in [9.17, 15) is 5.11 Å². The topological polar surface area (TPSA) is 29.5 Å². The minimum Gasteiger partial charge on any atom is -0.488 e. The van der Waals surface area contributed by atoms with Crippen molar-refractivity contribution in [3.63, 3.8) is 0 Å². The predicted octanol–water partition coefficient (Wildman–Crippen LogP) is 4.06. The molecule has 0 saturated carbocycles. The summed E-state index contributed by atoms with van der Waals surface area (Å²) < 4.78 is 6.12. The number of rotatable bonds is 2. The van der Waals surface area contributed by atoms with Crippen molar-refractivity contribution in [3.05, 3.63) is 23.0 Å². The van der Waals surface area contributed by atoms with Crippen LogP contribution < -0.4 is 0 Å². The molecule has 1 aliphatic heterocycles. The molecule has 2 nitrogen and oxygen atoms in total. The molecule has 1 fully saturated rings. The summed E-state index contributed by atoms with van der Waals surface area (Å²) in [5, 5.41) is 10.9. The molecule has 1 N–H and O–H groups in total. The van der Waals surface area contributed by atoms with Gasteiger partial charge in [0.15, 0.2) is 0 Å². The van der Waals surface area contributed by atoms with E-state index in [1.165, 1.54) is 11.1 Å². The van der Waals surface area contributed by atoms with Gasteiger partial charge in [-0.2, -0.15) is 0 Å². The number of hydrogen-bond acceptors (Lipinski definition) is 2. The van der Waals surface area contributed by atoms with E-state index in [1.54, 1.807) is 0 Å². The Kier molecular flexibility index (Phi) is 3.37. The van der Waals surface area contributed by atoms with E-state index in [0.717, 1.165) is 12.2 Å². The first kappa shape index (κ1) is 14.6. The molecule has 0 aromatic heterocycles. The zero-order chi connectivity index (χ0) is 14.6. The average molecular weight is 264 g/mol. The maximum atomic E-state index is 10.9. The van der Waals surface area contributed by atoms with Crippen molar-refractivity contribution in [2.75, 3.05) is 0 Å². The van der Waals surface area contributed by atoms with Crippen molar-refractivity contribution < 1.29 is 9.84 Å². The molecule has 0 aromatic rings. The number of fused-ring (bicyclic) bond motifs is 1. The fraction of sp³-hybridized carbons (Fsp3) is 0.765. The highest BCUT2D eigenvalue weighted by molar-refractivity contribution is 5.45. The van der Waals surface area contributed by atoms with E-state index in [2.05, 4.69) is 54.5 Å². The van der Waals surface area contributed by atoms with Crippen molar-refractivity contribution in [2.24, 2.45) is 17.3 Å². The highest BCUT2D eigenvalue weighted by Crippen LogP contribution is 2.51. The van der Waals surface area contributed by atoms with Gasteiger partial charge in [0.1, 0.15) is 11.4 Å². The highest BCUT2D eigenvalue weighted by atomic mass is 16.5. The van der Waals surface area contributed by atoms with E-state index in [1.807, 2.05) is 0 Å². The molecule has 2 atom stereocenters. The molecule has 0 spiro atoms. The van der Waals surface area contributed by atoms with E-state index in [-0.39, 0.29) is 11.0 Å². The van der Waals surface area contributed by atoms with Crippen LogP contribution in [-0.2, 0) is 4.74 Å². The zero-order valence-corrected chi connectivity index (χ0v) is 13.4. The minimum atomic E-state index is -0.399. The smallest absolute Gasteiger partial charge is 0.120 e. The molecule has 1 heterocycles. The van der Waals surface area contributed by atoms with Crippen molar-refractivity contribution >= 4 is 0 Å². The van der Waals surface area contributed by atoms with Crippen LogP contribution >= 0.6 is 0 Å². The van der Waals surface area contributed by atoms with Gasteiger partial charge in [-0.3, -0.25) is 0 Å². The normalized spacial score (nSPS) is 33.6. The van der Waals surface area contributed by atoms with E-state index < -0.39 is 6.10 Å². The van der Waals surface area contributed by atoms with Crippen LogP contribution in [0.2, 0.25) is 0 Å². The number of hydrogen-bond donors (Lipinski definition) is 1. The maximum absolute atomic E-state index is 10.9. The molecule has 1 aliphatic carbocycles. The summed E-state index contributed by atoms with van der Waals surface area (Å²) in [5.74, 6) is 1.73. The Bertz CT molecular complexity index is 440. The summed E-state index contributed by atoms with van der Waals surface area (Å²) in [5.41, 5.74) is 2.03. The molecule has 2 aliphatic rings. The van der Waals surface area contributed by atoms with Gasteiger partial charge in [0, 0.05) is 11.8 Å². The number of allylic oxidation sites excluding steroid dienone is 1. The summed E-state index contributed by atoms with van der Waals surface area (Å²) in [4.78, 5) is 0. The molecule has 2 rings (SSSR count). The molecule has 2 unspecified atom stereocenters. The fourth-order valence-electron chi connectivity index (χ4n) is 3.28. The minimum absolute atomic E-state index is 0.150. The SMILES string of the molecule is CC(C)C1=C2CC(C)(C)OC2=CC(C)(C(C)C)C1O. The molecule has 2 heteroatoms. The Morgan fingerprint density at radius 3 is 2.26 bits per heavy atom. The second-order valence-electron chi connectivity index (χ2n) is 7.56. The van der Waals surface area contributed by atoms with Gasteiger partial charge in [-0.1, -0.05) is 34.6 Å². The highest BCUT2D eigenvalue weighted by Gasteiger charge is 2.47. The first-order valence-corrected chi connectivity index (χ1v) is 7.42. The lowest BCUT2D eigenvalue weighted by molar-refractivity contribution is 0.0432. The number of ether oxygens (including phenoxy) is 1. The predicted molar refractivity (Wildman–Crippen MR) is 78.7 cm³/mol. The van der Waals surface area contributed by atoms with E-state index in [4.69, 9.17) is 4.74 Å². The summed E-state index contributed by atoms with van der Waals surface area (Å²) >= 11 is 0. The number of aliphatic hydroxyl groups excluding tert-OH is 1. The van der Waals surface area contributed by atoms with Crippen molar-refractivity contribution in [3.8, 4) is 0 Å². The molecular weight excluding hydrogens is 236 g/mol. The summed E-state index contributed by atoms with van der Waals surface area (Å²) in [6.45, 7) is 15.1. The number of aliphatic hydroxyl groups is 1. The molecule has 0 aromatic carbocycles. The zero-order valence-electron chi connectivity index (χ0n) is 13.4. The largest absolute Gasteiger partial charge is 0.488 e. The third-order valence-corrected chi connectivity index (χ3v) is 4.83. The standard InChI is InChI=1S/C17H28O2/c1-10(2)14-12-8-16(5,6)19-13(12)9-17(7,11(3)4)15(14)18/h9-11,15,18H,8H2,1-7H3. The van der Waals surface area contributed by atoms with Gasteiger partial charge < -0.3 is 9.84 Å². The second kappa shape index (κ2) is 4.37. The molecule has 19 heavy (non-hydrogen) atoms. The Balaban J connectivity index is 2.57. The third kappa shape index (κ3) is 2.24. The molecule has 1 saturated heterocycles. The monoisotopic (exact) mass is 264 g/mol. The van der Waals surface area contributed by atoms with Crippen LogP contribution in [0.4, 0.5) is 0 Å². The summed E-state index contributed by atoms with van der Waals surface area (Å²) in [7, 11) is 0. The van der Waals surface area contributed by atoms with Gasteiger partial charge in [0.2, 0.25) is 0 Å². The molecule has 0 bridgehead atoms. The Labute approximate surface area is 117 Å². The van der Waals surface area contributed by atoms with E-state index >= 15 is 0 Å². The van der Waals surface area contributed by atoms with Gasteiger partial charge in [-0.15, -0.1) is 0 Å².